The minimum absolute atomic E-state index is 0.0972. The van der Waals surface area contributed by atoms with Crippen molar-refractivity contribution in [2.24, 2.45) is 0 Å². The van der Waals surface area contributed by atoms with E-state index in [0.29, 0.717) is 0 Å². The lowest BCUT2D eigenvalue weighted by Gasteiger charge is -2.44. The average molecular weight is 936 g/mol. The molecule has 5 rings (SSSR count). The van der Waals surface area contributed by atoms with Crippen LogP contribution in [0.3, 0.4) is 0 Å². The van der Waals surface area contributed by atoms with Gasteiger partial charge in [-0.25, -0.2) is 87.8 Å². The third kappa shape index (κ3) is 7.83. The zero-order valence-electron chi connectivity index (χ0n) is 28.4. The second-order valence-corrected chi connectivity index (χ2v) is 11.9. The Morgan fingerprint density at radius 1 is 0.371 bits per heavy atom. The van der Waals surface area contributed by atoms with E-state index in [2.05, 4.69) is 4.98 Å². The van der Waals surface area contributed by atoms with Crippen molar-refractivity contribution in [3.63, 3.8) is 0 Å². The first kappa shape index (κ1) is 48.6. The van der Waals surface area contributed by atoms with Gasteiger partial charge in [0.2, 0.25) is 0 Å². The predicted molar refractivity (Wildman–Crippen MR) is 154 cm³/mol. The highest BCUT2D eigenvalue weighted by molar-refractivity contribution is 7.20. The highest BCUT2D eigenvalue weighted by atomic mass is 19.4. The van der Waals surface area contributed by atoms with Gasteiger partial charge in [0.05, 0.1) is 12.4 Å². The largest absolute Gasteiger partial charge is 0.421 e. The summed E-state index contributed by atoms with van der Waals surface area (Å²) in [6, 6.07) is 0. The van der Waals surface area contributed by atoms with Crippen LogP contribution in [0.25, 0.3) is 0 Å². The van der Waals surface area contributed by atoms with Crippen LogP contribution in [-0.2, 0) is 6.54 Å². The number of benzene rings is 4. The van der Waals surface area contributed by atoms with Crippen molar-refractivity contribution in [1.82, 2.24) is 4.98 Å². The van der Waals surface area contributed by atoms with Crippen molar-refractivity contribution in [3.05, 3.63) is 153 Å². The Hall–Kier alpha value is -6.06. The Morgan fingerprint density at radius 3 is 0.758 bits per heavy atom. The van der Waals surface area contributed by atoms with Gasteiger partial charge >= 0.3 is 12.4 Å². The third-order valence-corrected chi connectivity index (χ3v) is 8.51. The van der Waals surface area contributed by atoms with E-state index in [1.807, 2.05) is 0 Å². The molecule has 0 bridgehead atoms. The first-order chi connectivity index (χ1) is 28.4. The molecule has 29 heteroatoms. The topological polar surface area (TPSA) is 16.8 Å². The van der Waals surface area contributed by atoms with E-state index in [1.165, 1.54) is 24.8 Å². The van der Waals surface area contributed by atoms with Crippen molar-refractivity contribution in [2.75, 3.05) is 0 Å². The number of alkyl halides is 6. The van der Waals surface area contributed by atoms with Crippen LogP contribution in [0.2, 0.25) is 0 Å². The Balaban J connectivity index is 0.000000416. The van der Waals surface area contributed by atoms with Gasteiger partial charge in [-0.3, -0.25) is 4.98 Å². The first-order valence-electron chi connectivity index (χ1n) is 15.3. The van der Waals surface area contributed by atoms with Crippen LogP contribution in [0.1, 0.15) is 0 Å². The lowest BCUT2D eigenvalue weighted by Crippen LogP contribution is -2.81. The van der Waals surface area contributed by atoms with Crippen LogP contribution < -0.4 is 26.4 Å². The molecule has 2 nitrogen and oxygen atoms in total. The lowest BCUT2D eigenvalue weighted by atomic mass is 9.12. The monoisotopic (exact) mass is 936 g/mol. The van der Waals surface area contributed by atoms with E-state index in [9.17, 15) is 79.0 Å². The van der Waals surface area contributed by atoms with E-state index < -0.39 is 169 Å². The fraction of sp³-hybridized carbons (Fsp3) is 0.0909. The lowest BCUT2D eigenvalue weighted by molar-refractivity contribution is -0.687. The molecule has 1 aromatic heterocycles. The van der Waals surface area contributed by atoms with Crippen LogP contribution in [0.15, 0.2) is 36.4 Å². The number of allylic oxidation sites excluding steroid dienone is 2. The maximum absolute atomic E-state index is 15.4. The molecule has 0 unspecified atom stereocenters. The molecule has 1 heterocycles. The van der Waals surface area contributed by atoms with E-state index >= 15 is 35.1 Å². The number of hydrogen-bond donors (Lipinski definition) is 0. The van der Waals surface area contributed by atoms with Gasteiger partial charge in [0.25, 0.3) is 0 Å². The van der Waals surface area contributed by atoms with Crippen molar-refractivity contribution in [1.29, 1.82) is 0 Å². The van der Waals surface area contributed by atoms with Gasteiger partial charge in [-0.15, -0.1) is 21.9 Å². The summed E-state index contributed by atoms with van der Waals surface area (Å²) in [5, 5.41) is 0. The van der Waals surface area contributed by atoms with Gasteiger partial charge in [-0.2, -0.15) is 30.9 Å². The fourth-order valence-electron chi connectivity index (χ4n) is 5.93. The molecular formula is C33H7BF26N2. The van der Waals surface area contributed by atoms with Crippen LogP contribution in [0.5, 0.6) is 0 Å². The number of nitrogens with zero attached hydrogens (tertiary/aromatic N) is 2. The summed E-state index contributed by atoms with van der Waals surface area (Å²) >= 11 is 0. The summed E-state index contributed by atoms with van der Waals surface area (Å²) in [5.41, 5.74) is -16.8. The van der Waals surface area contributed by atoms with Crippen molar-refractivity contribution >= 4 is 28.0 Å². The summed E-state index contributed by atoms with van der Waals surface area (Å²) in [6.07, 6.45) is -12.9. The molecule has 0 spiro atoms. The molecule has 0 saturated carbocycles. The van der Waals surface area contributed by atoms with Crippen LogP contribution in [0, 0.1) is 116 Å². The summed E-state index contributed by atoms with van der Waals surface area (Å²) in [6.45, 7) is -0.531. The molecule has 0 fully saturated rings. The third-order valence-electron chi connectivity index (χ3n) is 8.51. The van der Waals surface area contributed by atoms with E-state index in [1.54, 1.807) is 0 Å². The normalized spacial score (nSPS) is 12.1. The summed E-state index contributed by atoms with van der Waals surface area (Å²) in [4.78, 5) is 3.58. The maximum Gasteiger partial charge on any atom is 0.421 e. The van der Waals surface area contributed by atoms with Gasteiger partial charge < -0.3 is 0 Å². The van der Waals surface area contributed by atoms with Gasteiger partial charge in [-0.05, 0) is 6.08 Å². The van der Waals surface area contributed by atoms with Gasteiger partial charge in [0, 0.05) is 0 Å². The number of aromatic nitrogens is 2. The Labute approximate surface area is 323 Å². The summed E-state index contributed by atoms with van der Waals surface area (Å²) in [5.74, 6) is -71.4. The quantitative estimate of drug-likeness (QED) is 0.0419. The molecule has 0 aliphatic rings. The SMILES string of the molecule is FC(F)(F)C(=CC[n+]1ccncc1)C(F)(F)F.Fc1c(F)c(F)c([B-](c2c(F)c(F)c(F)c(F)c2F)(c2c(F)c(F)c(F)c(F)c2F)c2c(F)c(F)c(F)c(F)c2F)c(F)c1F. The second kappa shape index (κ2) is 17.0. The molecule has 0 atom stereocenters. The predicted octanol–water partition coefficient (Wildman–Crippen LogP) is 8.27. The first-order valence-corrected chi connectivity index (χ1v) is 15.3. The van der Waals surface area contributed by atoms with E-state index in [0.717, 1.165) is 4.57 Å². The molecule has 0 aliphatic carbocycles. The fourth-order valence-corrected chi connectivity index (χ4v) is 5.93. The zero-order valence-corrected chi connectivity index (χ0v) is 28.4. The van der Waals surface area contributed by atoms with Crippen molar-refractivity contribution in [2.45, 2.75) is 18.9 Å². The maximum atomic E-state index is 15.4. The zero-order chi connectivity index (χ0) is 47.5. The molecular weight excluding hydrogens is 929 g/mol. The summed E-state index contributed by atoms with van der Waals surface area (Å²) < 4.78 is 368. The van der Waals surface area contributed by atoms with E-state index in [-0.39, 0.29) is 6.08 Å². The van der Waals surface area contributed by atoms with E-state index in [4.69, 9.17) is 0 Å². The van der Waals surface area contributed by atoms with Crippen LogP contribution in [0.4, 0.5) is 114 Å². The summed E-state index contributed by atoms with van der Waals surface area (Å²) in [7, 11) is 0. The minimum Gasteiger partial charge on any atom is -0.252 e. The number of hydrogen-bond acceptors (Lipinski definition) is 1. The van der Waals surface area contributed by atoms with Gasteiger partial charge in [0.1, 0.15) is 58.3 Å². The molecule has 5 aromatic rings. The number of halogens is 26. The Bertz CT molecular complexity index is 2220. The standard InChI is InChI=1S/C24BF20.C9H7F6N2/c26-5-1(6(27)14(35)21(42)13(5)34)25(2-7(28)15(36)22(43)16(37)8(2)29,3-9(30)17(38)23(44)18(39)10(3)31)4-11(32)19(40)24(45)20(41)12(4)33;10-8(11,12)7(9(13,14)15)1-4-17-5-2-16-3-6-17/h;1-3,5-6H,4H2/q-1;+1. The molecule has 4 aromatic carbocycles. The molecule has 0 N–H and O–H groups in total. The van der Waals surface area contributed by atoms with Gasteiger partial charge in [0.15, 0.2) is 88.7 Å². The average Bonchev–Trinajstić information content (AvgIpc) is 3.20. The Kier molecular flexibility index (Phi) is 13.3. The van der Waals surface area contributed by atoms with Crippen LogP contribution in [-0.4, -0.2) is 23.5 Å². The van der Waals surface area contributed by atoms with Crippen molar-refractivity contribution < 1.29 is 119 Å². The molecule has 0 aliphatic heterocycles. The van der Waals surface area contributed by atoms with Crippen molar-refractivity contribution in [3.8, 4) is 0 Å². The molecule has 62 heavy (non-hydrogen) atoms. The highest BCUT2D eigenvalue weighted by Gasteiger charge is 2.53. The molecule has 0 radical (unpaired) electrons. The van der Waals surface area contributed by atoms with Crippen LogP contribution >= 0.6 is 0 Å². The van der Waals surface area contributed by atoms with Gasteiger partial charge in [-0.1, -0.05) is 0 Å². The minimum atomic E-state index is -7.22. The molecule has 334 valence electrons. The molecule has 0 saturated heterocycles. The smallest absolute Gasteiger partial charge is 0.252 e. The Morgan fingerprint density at radius 2 is 0.565 bits per heavy atom. The highest BCUT2D eigenvalue weighted by Crippen LogP contribution is 2.38. The second-order valence-electron chi connectivity index (χ2n) is 11.9. The molecule has 0 amide bonds. The number of rotatable bonds is 6.